The molecule has 0 atom stereocenters. The van der Waals surface area contributed by atoms with E-state index in [4.69, 9.17) is 16.1 Å². The summed E-state index contributed by atoms with van der Waals surface area (Å²) in [6.45, 7) is 1.94. The van der Waals surface area contributed by atoms with Crippen LogP contribution in [0.1, 0.15) is 17.7 Å². The molecule has 0 fully saturated rings. The van der Waals surface area contributed by atoms with E-state index in [0.717, 1.165) is 18.5 Å². The van der Waals surface area contributed by atoms with Gasteiger partial charge in [-0.3, -0.25) is 0 Å². The van der Waals surface area contributed by atoms with Gasteiger partial charge < -0.3 is 4.52 Å². The lowest BCUT2D eigenvalue weighted by molar-refractivity contribution is 0.414. The van der Waals surface area contributed by atoms with Crippen LogP contribution in [0.5, 0.6) is 0 Å². The van der Waals surface area contributed by atoms with Gasteiger partial charge in [0.2, 0.25) is 0 Å². The molecule has 0 saturated heterocycles. The molecule has 0 N–H and O–H groups in total. The van der Waals surface area contributed by atoms with Gasteiger partial charge in [-0.15, -0.1) is 11.6 Å². The maximum Gasteiger partial charge on any atom is 0.127 e. The summed E-state index contributed by atoms with van der Waals surface area (Å²) < 4.78 is 4.75. The molecule has 0 aromatic carbocycles. The summed E-state index contributed by atoms with van der Waals surface area (Å²) in [6.07, 6.45) is 3.64. The van der Waals surface area contributed by atoms with Crippen molar-refractivity contribution in [2.45, 2.75) is 19.8 Å². The van der Waals surface area contributed by atoms with Crippen molar-refractivity contribution in [1.29, 1.82) is 0 Å². The van der Waals surface area contributed by atoms with Gasteiger partial charge in [-0.25, -0.2) is 0 Å². The Labute approximate surface area is 65.2 Å². The van der Waals surface area contributed by atoms with E-state index in [1.807, 2.05) is 6.92 Å². The molecule has 0 unspecified atom stereocenters. The van der Waals surface area contributed by atoms with Gasteiger partial charge in [0.25, 0.3) is 0 Å². The van der Waals surface area contributed by atoms with Crippen LogP contribution in [-0.4, -0.2) is 11.0 Å². The Morgan fingerprint density at radius 2 is 2.50 bits per heavy atom. The SMILES string of the molecule is Cc1nocc1CCCCl. The van der Waals surface area contributed by atoms with Crippen LogP contribution in [0.3, 0.4) is 0 Å². The van der Waals surface area contributed by atoms with Crippen LogP contribution in [-0.2, 0) is 6.42 Å². The second-order valence-electron chi connectivity index (χ2n) is 2.22. The summed E-state index contributed by atoms with van der Waals surface area (Å²) in [6, 6.07) is 0. The minimum atomic E-state index is 0.699. The number of hydrogen-bond acceptors (Lipinski definition) is 2. The Bertz CT molecular complexity index is 197. The average molecular weight is 160 g/mol. The van der Waals surface area contributed by atoms with E-state index >= 15 is 0 Å². The fraction of sp³-hybridized carbons (Fsp3) is 0.571. The van der Waals surface area contributed by atoms with Gasteiger partial charge in [-0.1, -0.05) is 5.16 Å². The number of rotatable bonds is 3. The number of alkyl halides is 1. The molecule has 1 heterocycles. The number of nitrogens with zero attached hydrogens (tertiary/aromatic N) is 1. The molecule has 0 aliphatic heterocycles. The van der Waals surface area contributed by atoms with Gasteiger partial charge in [-0.2, -0.15) is 0 Å². The van der Waals surface area contributed by atoms with Gasteiger partial charge in [-0.05, 0) is 19.8 Å². The number of aromatic nitrogens is 1. The van der Waals surface area contributed by atoms with Gasteiger partial charge in [0.05, 0.1) is 5.69 Å². The van der Waals surface area contributed by atoms with Crippen molar-refractivity contribution in [3.63, 3.8) is 0 Å². The van der Waals surface area contributed by atoms with Gasteiger partial charge in [0.15, 0.2) is 0 Å². The topological polar surface area (TPSA) is 26.0 Å². The first kappa shape index (κ1) is 7.61. The Balaban J connectivity index is 2.49. The number of aryl methyl sites for hydroxylation is 2. The van der Waals surface area contributed by atoms with Crippen molar-refractivity contribution in [2.24, 2.45) is 0 Å². The third kappa shape index (κ3) is 1.74. The highest BCUT2D eigenvalue weighted by molar-refractivity contribution is 6.17. The molecule has 10 heavy (non-hydrogen) atoms. The molecule has 0 amide bonds. The highest BCUT2D eigenvalue weighted by atomic mass is 35.5. The molecule has 1 aromatic rings. The predicted molar refractivity (Wildman–Crippen MR) is 40.3 cm³/mol. The van der Waals surface area contributed by atoms with Crippen LogP contribution in [0.25, 0.3) is 0 Å². The molecular weight excluding hydrogens is 150 g/mol. The zero-order chi connectivity index (χ0) is 7.40. The second kappa shape index (κ2) is 3.62. The minimum Gasteiger partial charge on any atom is -0.364 e. The lowest BCUT2D eigenvalue weighted by atomic mass is 10.2. The third-order valence-corrected chi connectivity index (χ3v) is 1.70. The standard InChI is InChI=1S/C7H10ClNO/c1-6-7(3-2-4-8)5-10-9-6/h5H,2-4H2,1H3. The predicted octanol–water partition coefficient (Wildman–Crippen LogP) is 2.15. The summed E-state index contributed by atoms with van der Waals surface area (Å²) in [7, 11) is 0. The minimum absolute atomic E-state index is 0.699. The second-order valence-corrected chi connectivity index (χ2v) is 2.60. The molecule has 0 aliphatic rings. The van der Waals surface area contributed by atoms with Crippen molar-refractivity contribution in [3.8, 4) is 0 Å². The van der Waals surface area contributed by atoms with Crippen molar-refractivity contribution in [1.82, 2.24) is 5.16 Å². The van der Waals surface area contributed by atoms with Crippen molar-refractivity contribution in [3.05, 3.63) is 17.5 Å². The molecular formula is C7H10ClNO. The Morgan fingerprint density at radius 1 is 1.70 bits per heavy atom. The van der Waals surface area contributed by atoms with Crippen LogP contribution in [0, 0.1) is 6.92 Å². The van der Waals surface area contributed by atoms with E-state index in [2.05, 4.69) is 5.16 Å². The summed E-state index contributed by atoms with van der Waals surface area (Å²) in [5.41, 5.74) is 2.14. The molecule has 0 aliphatic carbocycles. The molecule has 0 spiro atoms. The summed E-state index contributed by atoms with van der Waals surface area (Å²) in [5.74, 6) is 0.699. The van der Waals surface area contributed by atoms with E-state index < -0.39 is 0 Å². The number of halogens is 1. The highest BCUT2D eigenvalue weighted by Gasteiger charge is 2.00. The van der Waals surface area contributed by atoms with Crippen LogP contribution >= 0.6 is 11.6 Å². The third-order valence-electron chi connectivity index (χ3n) is 1.43. The first-order valence-corrected chi connectivity index (χ1v) is 3.84. The van der Waals surface area contributed by atoms with Crippen LogP contribution in [0.15, 0.2) is 10.8 Å². The lowest BCUT2D eigenvalue weighted by Crippen LogP contribution is -1.86. The fourth-order valence-corrected chi connectivity index (χ4v) is 0.944. The first-order valence-electron chi connectivity index (χ1n) is 3.30. The van der Waals surface area contributed by atoms with Crippen LogP contribution in [0.2, 0.25) is 0 Å². The summed E-state index contributed by atoms with van der Waals surface area (Å²) >= 11 is 5.52. The van der Waals surface area contributed by atoms with Crippen molar-refractivity contribution >= 4 is 11.6 Å². The number of hydrogen-bond donors (Lipinski definition) is 0. The zero-order valence-corrected chi connectivity index (χ0v) is 6.69. The molecule has 1 rings (SSSR count). The zero-order valence-electron chi connectivity index (χ0n) is 5.93. The maximum atomic E-state index is 5.52. The lowest BCUT2D eigenvalue weighted by Gasteiger charge is -1.91. The van der Waals surface area contributed by atoms with E-state index in [0.29, 0.717) is 5.88 Å². The highest BCUT2D eigenvalue weighted by Crippen LogP contribution is 2.07. The summed E-state index contributed by atoms with van der Waals surface area (Å²) in [5, 5.41) is 3.75. The van der Waals surface area contributed by atoms with E-state index in [1.54, 1.807) is 6.26 Å². The normalized spacial score (nSPS) is 10.2. The van der Waals surface area contributed by atoms with Gasteiger partial charge in [0, 0.05) is 11.4 Å². The van der Waals surface area contributed by atoms with Crippen molar-refractivity contribution < 1.29 is 4.52 Å². The largest absolute Gasteiger partial charge is 0.364 e. The fourth-order valence-electron chi connectivity index (χ4n) is 0.810. The van der Waals surface area contributed by atoms with Crippen LogP contribution < -0.4 is 0 Å². The quantitative estimate of drug-likeness (QED) is 0.632. The van der Waals surface area contributed by atoms with Gasteiger partial charge >= 0.3 is 0 Å². The van der Waals surface area contributed by atoms with E-state index in [9.17, 15) is 0 Å². The molecule has 0 radical (unpaired) electrons. The molecule has 2 nitrogen and oxygen atoms in total. The van der Waals surface area contributed by atoms with Crippen LogP contribution in [0.4, 0.5) is 0 Å². The summed E-state index contributed by atoms with van der Waals surface area (Å²) in [4.78, 5) is 0. The Morgan fingerprint density at radius 3 is 3.00 bits per heavy atom. The molecule has 0 bridgehead atoms. The monoisotopic (exact) mass is 159 g/mol. The average Bonchev–Trinajstić information content (AvgIpc) is 2.31. The molecule has 1 aromatic heterocycles. The molecule has 56 valence electrons. The van der Waals surface area contributed by atoms with Crippen molar-refractivity contribution in [2.75, 3.05) is 5.88 Å². The van der Waals surface area contributed by atoms with Gasteiger partial charge in [0.1, 0.15) is 6.26 Å². The molecule has 0 saturated carbocycles. The maximum absolute atomic E-state index is 5.52. The molecule has 3 heteroatoms. The smallest absolute Gasteiger partial charge is 0.127 e. The first-order chi connectivity index (χ1) is 4.84. The Hall–Kier alpha value is -0.500. The Kier molecular flexibility index (Phi) is 2.75. The van der Waals surface area contributed by atoms with E-state index in [1.165, 1.54) is 5.56 Å². The van der Waals surface area contributed by atoms with E-state index in [-0.39, 0.29) is 0 Å².